The van der Waals surface area contributed by atoms with E-state index in [9.17, 15) is 4.79 Å². The van der Waals surface area contributed by atoms with Gasteiger partial charge in [-0.1, -0.05) is 0 Å². The van der Waals surface area contributed by atoms with Gasteiger partial charge in [-0.25, -0.2) is 0 Å². The molecule has 7 heteroatoms. The lowest BCUT2D eigenvalue weighted by Gasteiger charge is -2.48. The molecular weight excluding hydrogens is 388 g/mol. The van der Waals surface area contributed by atoms with Crippen LogP contribution in [-0.2, 0) is 4.79 Å². The number of hydrogen-bond acceptors (Lipinski definition) is 6. The van der Waals surface area contributed by atoms with Gasteiger partial charge in [-0.3, -0.25) is 9.69 Å². The van der Waals surface area contributed by atoms with Crippen LogP contribution in [0.1, 0.15) is 0 Å². The lowest BCUT2D eigenvalue weighted by atomic mass is 9.95. The van der Waals surface area contributed by atoms with E-state index in [1.165, 1.54) is 0 Å². The second kappa shape index (κ2) is 8.97. The summed E-state index contributed by atoms with van der Waals surface area (Å²) in [7, 11) is 3.27. The van der Waals surface area contributed by atoms with Crippen LogP contribution in [0.15, 0.2) is 48.5 Å². The maximum absolute atomic E-state index is 13.0. The maximum atomic E-state index is 13.0. The number of amides is 1. The second-order valence-corrected chi connectivity index (χ2v) is 8.33. The molecule has 2 aromatic rings. The minimum atomic E-state index is -0.486. The average Bonchev–Trinajstić information content (AvgIpc) is 2.78. The van der Waals surface area contributed by atoms with Crippen LogP contribution in [-0.4, -0.2) is 68.3 Å². The van der Waals surface area contributed by atoms with Gasteiger partial charge in [0.05, 0.1) is 20.3 Å². The molecule has 2 heterocycles. The largest absolute Gasteiger partial charge is 0.497 e. The van der Waals surface area contributed by atoms with Gasteiger partial charge in [-0.15, -0.1) is 0 Å². The highest BCUT2D eigenvalue weighted by Crippen LogP contribution is 2.33. The standard InChI is InChI=1S/C22H26N2O4S/c1-26-17-5-3-16(4-6-17)24-20(15-23-11-13-29-14-12-23)21(22(24)25)28-19-9-7-18(27-2)8-10-19/h3-10,20-21H,11-15H2,1-2H3/t20-,21+/m1/s1. The SMILES string of the molecule is COc1ccc(O[C@@H]2C(=O)N(c3ccc(OC)cc3)[C@@H]2CN2CCSCC2)cc1. The Kier molecular flexibility index (Phi) is 6.16. The molecule has 0 saturated carbocycles. The van der Waals surface area contributed by atoms with Gasteiger partial charge in [0.2, 0.25) is 0 Å². The third kappa shape index (κ3) is 4.31. The van der Waals surface area contributed by atoms with E-state index in [1.54, 1.807) is 14.2 Å². The number of carbonyl (C=O) groups excluding carboxylic acids is 1. The van der Waals surface area contributed by atoms with E-state index < -0.39 is 6.10 Å². The zero-order valence-corrected chi connectivity index (χ0v) is 17.6. The van der Waals surface area contributed by atoms with Crippen molar-refractivity contribution in [3.8, 4) is 17.2 Å². The third-order valence-electron chi connectivity index (χ3n) is 5.38. The molecule has 2 aliphatic heterocycles. The van der Waals surface area contributed by atoms with Crippen LogP contribution in [0.25, 0.3) is 0 Å². The fourth-order valence-electron chi connectivity index (χ4n) is 3.74. The zero-order chi connectivity index (χ0) is 20.2. The van der Waals surface area contributed by atoms with E-state index in [0.29, 0.717) is 5.75 Å². The van der Waals surface area contributed by atoms with Crippen LogP contribution in [0.3, 0.4) is 0 Å². The first-order valence-corrected chi connectivity index (χ1v) is 10.9. The molecule has 4 rings (SSSR count). The molecule has 0 unspecified atom stereocenters. The summed E-state index contributed by atoms with van der Waals surface area (Å²) in [5, 5.41) is 0. The molecule has 0 aliphatic carbocycles. The highest BCUT2D eigenvalue weighted by Gasteiger charge is 2.50. The quantitative estimate of drug-likeness (QED) is 0.650. The van der Waals surface area contributed by atoms with Crippen LogP contribution < -0.4 is 19.1 Å². The first-order valence-electron chi connectivity index (χ1n) is 9.77. The molecule has 2 atom stereocenters. The van der Waals surface area contributed by atoms with Gasteiger partial charge in [-0.2, -0.15) is 11.8 Å². The Morgan fingerprint density at radius 1 is 0.897 bits per heavy atom. The average molecular weight is 415 g/mol. The molecule has 0 N–H and O–H groups in total. The van der Waals surface area contributed by atoms with Crippen LogP contribution in [0, 0.1) is 0 Å². The molecule has 154 valence electrons. The summed E-state index contributed by atoms with van der Waals surface area (Å²) in [6.45, 7) is 2.89. The molecule has 29 heavy (non-hydrogen) atoms. The summed E-state index contributed by atoms with van der Waals surface area (Å²) in [6, 6.07) is 15.0. The van der Waals surface area contributed by atoms with Crippen molar-refractivity contribution in [1.29, 1.82) is 0 Å². The number of rotatable bonds is 7. The van der Waals surface area contributed by atoms with E-state index in [2.05, 4.69) is 4.90 Å². The van der Waals surface area contributed by atoms with Gasteiger partial charge in [0, 0.05) is 36.8 Å². The van der Waals surface area contributed by atoms with Crippen molar-refractivity contribution >= 4 is 23.4 Å². The van der Waals surface area contributed by atoms with E-state index in [4.69, 9.17) is 14.2 Å². The molecule has 2 saturated heterocycles. The number of anilines is 1. The molecular formula is C22H26N2O4S. The molecule has 6 nitrogen and oxygen atoms in total. The fourth-order valence-corrected chi connectivity index (χ4v) is 4.71. The lowest BCUT2D eigenvalue weighted by molar-refractivity contribution is -0.135. The molecule has 2 aromatic carbocycles. The third-order valence-corrected chi connectivity index (χ3v) is 6.33. The van der Waals surface area contributed by atoms with Crippen molar-refractivity contribution in [2.75, 3.05) is 50.3 Å². The van der Waals surface area contributed by atoms with Gasteiger partial charge < -0.3 is 19.1 Å². The van der Waals surface area contributed by atoms with E-state index in [0.717, 1.165) is 48.3 Å². The minimum Gasteiger partial charge on any atom is -0.497 e. The Hall–Kier alpha value is -2.38. The normalized spacial score (nSPS) is 22.1. The first-order chi connectivity index (χ1) is 14.2. The summed E-state index contributed by atoms with van der Waals surface area (Å²) >= 11 is 1.98. The Balaban J connectivity index is 1.52. The Morgan fingerprint density at radius 3 is 2.03 bits per heavy atom. The van der Waals surface area contributed by atoms with Gasteiger partial charge in [0.25, 0.3) is 5.91 Å². The molecule has 1 amide bonds. The van der Waals surface area contributed by atoms with Crippen molar-refractivity contribution < 1.29 is 19.0 Å². The Morgan fingerprint density at radius 2 is 1.45 bits per heavy atom. The van der Waals surface area contributed by atoms with Crippen molar-refractivity contribution in [3.05, 3.63) is 48.5 Å². The molecule has 0 radical (unpaired) electrons. The van der Waals surface area contributed by atoms with E-state index >= 15 is 0 Å². The number of benzene rings is 2. The lowest BCUT2D eigenvalue weighted by Crippen LogP contribution is -2.70. The van der Waals surface area contributed by atoms with Crippen LogP contribution >= 0.6 is 11.8 Å². The number of nitrogens with zero attached hydrogens (tertiary/aromatic N) is 2. The summed E-state index contributed by atoms with van der Waals surface area (Å²) < 4.78 is 16.6. The number of β-lactam (4-membered cyclic amide) rings is 1. The van der Waals surface area contributed by atoms with E-state index in [-0.39, 0.29) is 11.9 Å². The number of hydrogen-bond donors (Lipinski definition) is 0. The number of methoxy groups -OCH3 is 2. The molecule has 0 bridgehead atoms. The van der Waals surface area contributed by atoms with Crippen LogP contribution in [0.5, 0.6) is 17.2 Å². The monoisotopic (exact) mass is 414 g/mol. The summed E-state index contributed by atoms with van der Waals surface area (Å²) in [5.41, 5.74) is 0.877. The van der Waals surface area contributed by atoms with Gasteiger partial charge in [-0.05, 0) is 48.5 Å². The Bertz CT molecular complexity index is 822. The number of carbonyl (C=O) groups is 1. The summed E-state index contributed by atoms with van der Waals surface area (Å²) in [6.07, 6.45) is -0.486. The smallest absolute Gasteiger partial charge is 0.270 e. The minimum absolute atomic E-state index is 0.0117. The zero-order valence-electron chi connectivity index (χ0n) is 16.7. The van der Waals surface area contributed by atoms with Gasteiger partial charge in [0.15, 0.2) is 6.10 Å². The topological polar surface area (TPSA) is 51.2 Å². The van der Waals surface area contributed by atoms with Crippen molar-refractivity contribution in [2.45, 2.75) is 12.1 Å². The number of ether oxygens (including phenoxy) is 3. The van der Waals surface area contributed by atoms with Gasteiger partial charge >= 0.3 is 0 Å². The highest BCUT2D eigenvalue weighted by atomic mass is 32.2. The van der Waals surface area contributed by atoms with Crippen LogP contribution in [0.2, 0.25) is 0 Å². The second-order valence-electron chi connectivity index (χ2n) is 7.10. The maximum Gasteiger partial charge on any atom is 0.270 e. The van der Waals surface area contributed by atoms with Crippen molar-refractivity contribution in [2.24, 2.45) is 0 Å². The van der Waals surface area contributed by atoms with Gasteiger partial charge in [0.1, 0.15) is 17.2 Å². The number of thioether (sulfide) groups is 1. The molecule has 2 aliphatic rings. The molecule has 0 spiro atoms. The van der Waals surface area contributed by atoms with Crippen LogP contribution in [0.4, 0.5) is 5.69 Å². The molecule has 2 fully saturated rings. The van der Waals surface area contributed by atoms with Crippen molar-refractivity contribution in [3.63, 3.8) is 0 Å². The fraction of sp³-hybridized carbons (Fsp3) is 0.409. The predicted molar refractivity (Wildman–Crippen MR) is 115 cm³/mol. The summed E-state index contributed by atoms with van der Waals surface area (Å²) in [4.78, 5) is 17.3. The molecule has 0 aromatic heterocycles. The van der Waals surface area contributed by atoms with Crippen molar-refractivity contribution in [1.82, 2.24) is 4.90 Å². The Labute approximate surface area is 175 Å². The predicted octanol–water partition coefficient (Wildman–Crippen LogP) is 2.92. The highest BCUT2D eigenvalue weighted by molar-refractivity contribution is 7.99. The summed E-state index contributed by atoms with van der Waals surface area (Å²) in [5.74, 6) is 4.47. The van der Waals surface area contributed by atoms with E-state index in [1.807, 2.05) is 65.2 Å². The first kappa shape index (κ1) is 19.9.